The van der Waals surface area contributed by atoms with Gasteiger partial charge in [0.05, 0.1) is 0 Å². The third-order valence-electron chi connectivity index (χ3n) is 3.31. The average Bonchev–Trinajstić information content (AvgIpc) is 2.68. The lowest BCUT2D eigenvalue weighted by molar-refractivity contribution is 0.619. The Morgan fingerprint density at radius 2 is 2.11 bits per heavy atom. The molecule has 1 aromatic carbocycles. The highest BCUT2D eigenvalue weighted by molar-refractivity contribution is 9.10. The number of fused-ring (bicyclic) bond motifs is 1. The summed E-state index contributed by atoms with van der Waals surface area (Å²) >= 11 is 3.57. The van der Waals surface area contributed by atoms with Crippen molar-refractivity contribution in [3.8, 4) is 0 Å². The summed E-state index contributed by atoms with van der Waals surface area (Å²) in [6, 6.07) is 7.08. The van der Waals surface area contributed by atoms with Gasteiger partial charge in [-0.25, -0.2) is 0 Å². The van der Waals surface area contributed by atoms with Gasteiger partial charge in [-0.15, -0.1) is 0 Å². The summed E-state index contributed by atoms with van der Waals surface area (Å²) in [5.74, 6) is 0. The molecule has 0 aliphatic carbocycles. The zero-order valence-electron chi connectivity index (χ0n) is 11.3. The second-order valence-corrected chi connectivity index (χ2v) is 5.94. The smallest absolute Gasteiger partial charge is 0.0486 e. The number of aryl methyl sites for hydroxylation is 1. The van der Waals surface area contributed by atoms with Gasteiger partial charge < -0.3 is 9.88 Å². The molecule has 18 heavy (non-hydrogen) atoms. The molecule has 0 spiro atoms. The first-order valence-corrected chi connectivity index (χ1v) is 7.36. The predicted molar refractivity (Wildman–Crippen MR) is 82.3 cm³/mol. The number of aromatic nitrogens is 1. The van der Waals surface area contributed by atoms with E-state index in [0.29, 0.717) is 6.04 Å². The van der Waals surface area contributed by atoms with E-state index in [0.717, 1.165) is 17.4 Å². The molecule has 1 aromatic heterocycles. The van der Waals surface area contributed by atoms with E-state index < -0.39 is 0 Å². The van der Waals surface area contributed by atoms with Crippen LogP contribution in [0.2, 0.25) is 0 Å². The van der Waals surface area contributed by atoms with Gasteiger partial charge in [-0.2, -0.15) is 0 Å². The van der Waals surface area contributed by atoms with Crippen LogP contribution in [0, 0.1) is 0 Å². The van der Waals surface area contributed by atoms with Crippen molar-refractivity contribution >= 4 is 26.8 Å². The van der Waals surface area contributed by atoms with Crippen LogP contribution in [0.5, 0.6) is 0 Å². The Morgan fingerprint density at radius 3 is 2.78 bits per heavy atom. The molecule has 0 aliphatic heterocycles. The minimum absolute atomic E-state index is 0.506. The molecule has 0 aliphatic rings. The second-order valence-electron chi connectivity index (χ2n) is 5.02. The van der Waals surface area contributed by atoms with Gasteiger partial charge in [-0.05, 0) is 64.0 Å². The Kier molecular flexibility index (Phi) is 4.46. The van der Waals surface area contributed by atoms with Crippen molar-refractivity contribution in [1.82, 2.24) is 9.88 Å². The molecule has 1 N–H and O–H groups in total. The number of halogens is 1. The van der Waals surface area contributed by atoms with Crippen LogP contribution < -0.4 is 5.32 Å². The number of hydrogen-bond acceptors (Lipinski definition) is 1. The number of rotatable bonds is 5. The van der Waals surface area contributed by atoms with E-state index in [2.05, 4.69) is 64.1 Å². The van der Waals surface area contributed by atoms with Gasteiger partial charge in [0.15, 0.2) is 0 Å². The predicted octanol–water partition coefficient (Wildman–Crippen LogP) is 4.14. The van der Waals surface area contributed by atoms with Crippen molar-refractivity contribution in [1.29, 1.82) is 0 Å². The van der Waals surface area contributed by atoms with Crippen molar-refractivity contribution in [3.63, 3.8) is 0 Å². The normalized spacial score (nSPS) is 11.6. The van der Waals surface area contributed by atoms with E-state index >= 15 is 0 Å². The standard InChI is InChI=1S/C15H21BrN2/c1-11(2)18-10-12(5-4-8-17-3)14-9-13(16)6-7-15(14)18/h6-7,9-11,17H,4-5,8H2,1-3H3. The van der Waals surface area contributed by atoms with E-state index in [9.17, 15) is 0 Å². The molecule has 0 fully saturated rings. The third-order valence-corrected chi connectivity index (χ3v) is 3.80. The quantitative estimate of drug-likeness (QED) is 0.822. The summed E-state index contributed by atoms with van der Waals surface area (Å²) in [6.45, 7) is 5.54. The number of hydrogen-bond donors (Lipinski definition) is 1. The van der Waals surface area contributed by atoms with Gasteiger partial charge in [-0.3, -0.25) is 0 Å². The van der Waals surface area contributed by atoms with Gasteiger partial charge in [0.25, 0.3) is 0 Å². The lowest BCUT2D eigenvalue weighted by Crippen LogP contribution is -2.08. The van der Waals surface area contributed by atoms with E-state index in [-0.39, 0.29) is 0 Å². The molecule has 2 rings (SSSR count). The largest absolute Gasteiger partial charge is 0.345 e. The fourth-order valence-electron chi connectivity index (χ4n) is 2.38. The maximum absolute atomic E-state index is 3.57. The monoisotopic (exact) mass is 308 g/mol. The van der Waals surface area contributed by atoms with Gasteiger partial charge in [0.1, 0.15) is 0 Å². The lowest BCUT2D eigenvalue weighted by Gasteiger charge is -2.08. The lowest BCUT2D eigenvalue weighted by atomic mass is 10.1. The third kappa shape index (κ3) is 2.78. The van der Waals surface area contributed by atoms with Crippen LogP contribution in [0.4, 0.5) is 0 Å². The Morgan fingerprint density at radius 1 is 1.33 bits per heavy atom. The first-order chi connectivity index (χ1) is 8.63. The molecule has 98 valence electrons. The molecule has 0 bridgehead atoms. The van der Waals surface area contributed by atoms with Crippen molar-refractivity contribution in [2.24, 2.45) is 0 Å². The van der Waals surface area contributed by atoms with Gasteiger partial charge in [0, 0.05) is 27.6 Å². The van der Waals surface area contributed by atoms with Crippen LogP contribution in [0.3, 0.4) is 0 Å². The minimum atomic E-state index is 0.506. The minimum Gasteiger partial charge on any atom is -0.345 e. The molecule has 0 radical (unpaired) electrons. The number of nitrogens with one attached hydrogen (secondary N) is 1. The molecular weight excluding hydrogens is 288 g/mol. The Hall–Kier alpha value is -0.800. The van der Waals surface area contributed by atoms with Gasteiger partial charge >= 0.3 is 0 Å². The molecule has 3 heteroatoms. The molecule has 0 atom stereocenters. The van der Waals surface area contributed by atoms with Crippen LogP contribution in [-0.4, -0.2) is 18.2 Å². The van der Waals surface area contributed by atoms with E-state index in [1.807, 2.05) is 7.05 Å². The number of benzene rings is 1. The highest BCUT2D eigenvalue weighted by Crippen LogP contribution is 2.28. The summed E-state index contributed by atoms with van der Waals surface area (Å²) in [7, 11) is 2.01. The van der Waals surface area contributed by atoms with Crippen LogP contribution in [0.25, 0.3) is 10.9 Å². The zero-order valence-corrected chi connectivity index (χ0v) is 12.9. The maximum Gasteiger partial charge on any atom is 0.0486 e. The summed E-state index contributed by atoms with van der Waals surface area (Å²) in [5.41, 5.74) is 2.79. The van der Waals surface area contributed by atoms with Crippen LogP contribution in [0.1, 0.15) is 31.9 Å². The summed E-state index contributed by atoms with van der Waals surface area (Å²) in [6.07, 6.45) is 4.63. The van der Waals surface area contributed by atoms with E-state index in [1.165, 1.54) is 22.9 Å². The van der Waals surface area contributed by atoms with Crippen molar-refractivity contribution in [2.45, 2.75) is 32.7 Å². The summed E-state index contributed by atoms with van der Waals surface area (Å²) in [5, 5.41) is 4.59. The molecule has 2 aromatic rings. The fourth-order valence-corrected chi connectivity index (χ4v) is 2.74. The zero-order chi connectivity index (χ0) is 13.1. The van der Waals surface area contributed by atoms with Crippen molar-refractivity contribution in [2.75, 3.05) is 13.6 Å². The molecule has 0 saturated heterocycles. The first kappa shape index (κ1) is 13.6. The van der Waals surface area contributed by atoms with Crippen LogP contribution in [0.15, 0.2) is 28.9 Å². The topological polar surface area (TPSA) is 17.0 Å². The molecule has 0 amide bonds. The second kappa shape index (κ2) is 5.89. The summed E-state index contributed by atoms with van der Waals surface area (Å²) in [4.78, 5) is 0. The maximum atomic E-state index is 3.57. The van der Waals surface area contributed by atoms with Crippen molar-refractivity contribution in [3.05, 3.63) is 34.4 Å². The highest BCUT2D eigenvalue weighted by atomic mass is 79.9. The highest BCUT2D eigenvalue weighted by Gasteiger charge is 2.10. The van der Waals surface area contributed by atoms with Gasteiger partial charge in [0.2, 0.25) is 0 Å². The van der Waals surface area contributed by atoms with Crippen molar-refractivity contribution < 1.29 is 0 Å². The van der Waals surface area contributed by atoms with Crippen LogP contribution in [-0.2, 0) is 6.42 Å². The molecule has 0 saturated carbocycles. The summed E-state index contributed by atoms with van der Waals surface area (Å²) < 4.78 is 3.53. The number of nitrogens with zero attached hydrogens (tertiary/aromatic N) is 1. The Balaban J connectivity index is 2.41. The van der Waals surface area contributed by atoms with Crippen LogP contribution >= 0.6 is 15.9 Å². The average molecular weight is 309 g/mol. The Labute approximate surface area is 118 Å². The van der Waals surface area contributed by atoms with E-state index in [1.54, 1.807) is 0 Å². The SMILES string of the molecule is CNCCCc1cn(C(C)C)c2ccc(Br)cc12. The van der Waals surface area contributed by atoms with E-state index in [4.69, 9.17) is 0 Å². The molecule has 0 unspecified atom stereocenters. The molecule has 1 heterocycles. The fraction of sp³-hybridized carbons (Fsp3) is 0.467. The first-order valence-electron chi connectivity index (χ1n) is 6.57. The molecular formula is C15H21BrN2. The van der Waals surface area contributed by atoms with Gasteiger partial charge in [-0.1, -0.05) is 15.9 Å². The Bertz CT molecular complexity index is 529. The molecule has 2 nitrogen and oxygen atoms in total.